The number of nitrogens with zero attached hydrogens (tertiary/aromatic N) is 3. The van der Waals surface area contributed by atoms with Gasteiger partial charge in [-0.1, -0.05) is 6.07 Å². The third-order valence-corrected chi connectivity index (χ3v) is 4.67. The Hall–Kier alpha value is -3.67. The van der Waals surface area contributed by atoms with Gasteiger partial charge < -0.3 is 9.88 Å². The number of halogens is 1. The van der Waals surface area contributed by atoms with Crippen LogP contribution < -0.4 is 5.32 Å². The van der Waals surface area contributed by atoms with Crippen molar-refractivity contribution in [1.29, 1.82) is 0 Å². The summed E-state index contributed by atoms with van der Waals surface area (Å²) < 4.78 is 16.7. The SMILES string of the molecule is Cc1ccc(NC(=O)c2cnn(-c3ccc(F)cc3)c2-n2cccc2)cc1C. The number of nitrogens with one attached hydrogen (secondary N) is 1. The van der Waals surface area contributed by atoms with Gasteiger partial charge in [0.2, 0.25) is 0 Å². The van der Waals surface area contributed by atoms with Crippen LogP contribution in [0.5, 0.6) is 0 Å². The van der Waals surface area contributed by atoms with Crippen molar-refractivity contribution in [2.24, 2.45) is 0 Å². The lowest BCUT2D eigenvalue weighted by molar-refractivity contribution is 0.102. The molecule has 6 heteroatoms. The van der Waals surface area contributed by atoms with E-state index in [9.17, 15) is 9.18 Å². The van der Waals surface area contributed by atoms with Crippen molar-refractivity contribution >= 4 is 11.6 Å². The minimum Gasteiger partial charge on any atom is -0.322 e. The second-order valence-electron chi connectivity index (χ2n) is 6.61. The maximum atomic E-state index is 13.3. The molecule has 0 spiro atoms. The van der Waals surface area contributed by atoms with Gasteiger partial charge in [-0.15, -0.1) is 0 Å². The molecule has 0 aliphatic carbocycles. The molecule has 0 aliphatic rings. The monoisotopic (exact) mass is 374 g/mol. The Morgan fingerprint density at radius 3 is 2.39 bits per heavy atom. The molecule has 0 saturated carbocycles. The van der Waals surface area contributed by atoms with Gasteiger partial charge in [0, 0.05) is 18.1 Å². The average molecular weight is 374 g/mol. The van der Waals surface area contributed by atoms with Crippen LogP contribution in [0.4, 0.5) is 10.1 Å². The van der Waals surface area contributed by atoms with Crippen molar-refractivity contribution in [1.82, 2.24) is 14.3 Å². The van der Waals surface area contributed by atoms with Crippen LogP contribution >= 0.6 is 0 Å². The lowest BCUT2D eigenvalue weighted by atomic mass is 10.1. The van der Waals surface area contributed by atoms with Crippen LogP contribution in [0.2, 0.25) is 0 Å². The van der Waals surface area contributed by atoms with Gasteiger partial charge in [-0.25, -0.2) is 9.07 Å². The summed E-state index contributed by atoms with van der Waals surface area (Å²) in [7, 11) is 0. The number of anilines is 1. The summed E-state index contributed by atoms with van der Waals surface area (Å²) in [4.78, 5) is 13.0. The van der Waals surface area contributed by atoms with Crippen molar-refractivity contribution in [2.75, 3.05) is 5.32 Å². The van der Waals surface area contributed by atoms with Gasteiger partial charge in [-0.3, -0.25) is 4.79 Å². The van der Waals surface area contributed by atoms with Gasteiger partial charge in [0.05, 0.1) is 11.9 Å². The third-order valence-electron chi connectivity index (χ3n) is 4.67. The highest BCUT2D eigenvalue weighted by molar-refractivity contribution is 6.06. The molecule has 28 heavy (non-hydrogen) atoms. The normalized spacial score (nSPS) is 10.8. The maximum Gasteiger partial charge on any atom is 0.261 e. The Labute approximate surface area is 162 Å². The highest BCUT2D eigenvalue weighted by atomic mass is 19.1. The lowest BCUT2D eigenvalue weighted by Crippen LogP contribution is -2.15. The zero-order valence-electron chi connectivity index (χ0n) is 15.6. The van der Waals surface area contributed by atoms with Gasteiger partial charge in [0.25, 0.3) is 5.91 Å². The first-order valence-corrected chi connectivity index (χ1v) is 8.89. The van der Waals surface area contributed by atoms with E-state index in [0.717, 1.165) is 16.8 Å². The average Bonchev–Trinajstić information content (AvgIpc) is 3.34. The minimum atomic E-state index is -0.328. The number of rotatable bonds is 4. The molecule has 5 nitrogen and oxygen atoms in total. The van der Waals surface area contributed by atoms with Crippen molar-refractivity contribution in [3.05, 3.63) is 95.7 Å². The highest BCUT2D eigenvalue weighted by Crippen LogP contribution is 2.22. The van der Waals surface area contributed by atoms with E-state index in [1.807, 2.05) is 61.1 Å². The summed E-state index contributed by atoms with van der Waals surface area (Å²) >= 11 is 0. The zero-order chi connectivity index (χ0) is 19.7. The number of carbonyl (C=O) groups is 1. The molecule has 1 amide bonds. The summed E-state index contributed by atoms with van der Waals surface area (Å²) in [5, 5.41) is 7.32. The number of aryl methyl sites for hydroxylation is 2. The van der Waals surface area contributed by atoms with E-state index < -0.39 is 0 Å². The summed E-state index contributed by atoms with van der Waals surface area (Å²) in [5.41, 5.74) is 4.07. The molecule has 1 N–H and O–H groups in total. The largest absolute Gasteiger partial charge is 0.322 e. The second-order valence-corrected chi connectivity index (χ2v) is 6.61. The summed E-state index contributed by atoms with van der Waals surface area (Å²) in [6.07, 6.45) is 5.20. The summed E-state index contributed by atoms with van der Waals surface area (Å²) in [6, 6.07) is 15.5. The standard InChI is InChI=1S/C22H19FN4O/c1-15-5-8-18(13-16(15)2)25-21(28)20-14-24-27(19-9-6-17(23)7-10-19)22(20)26-11-3-4-12-26/h3-14H,1-2H3,(H,25,28). The van der Waals surface area contributed by atoms with Crippen molar-refractivity contribution < 1.29 is 9.18 Å². The molecule has 0 unspecified atom stereocenters. The van der Waals surface area contributed by atoms with E-state index in [2.05, 4.69) is 10.4 Å². The fraction of sp³-hybridized carbons (Fsp3) is 0.0909. The number of hydrogen-bond donors (Lipinski definition) is 1. The Morgan fingerprint density at radius 1 is 1.00 bits per heavy atom. The molecule has 0 fully saturated rings. The van der Waals surface area contributed by atoms with Gasteiger partial charge in [0.15, 0.2) is 5.82 Å². The molecule has 0 saturated heterocycles. The second kappa shape index (κ2) is 7.15. The van der Waals surface area contributed by atoms with Gasteiger partial charge in [0.1, 0.15) is 11.4 Å². The van der Waals surface area contributed by atoms with Crippen LogP contribution in [0.1, 0.15) is 21.5 Å². The van der Waals surface area contributed by atoms with Gasteiger partial charge in [-0.05, 0) is 73.5 Å². The molecule has 0 radical (unpaired) electrons. The Kier molecular flexibility index (Phi) is 4.53. The Bertz CT molecular complexity index is 1130. The molecule has 2 aromatic carbocycles. The number of benzene rings is 2. The number of carbonyl (C=O) groups excluding carboxylic acids is 1. The molecule has 4 aromatic rings. The maximum absolute atomic E-state index is 13.3. The summed E-state index contributed by atoms with van der Waals surface area (Å²) in [5.74, 6) is -0.00983. The van der Waals surface area contributed by atoms with Crippen molar-refractivity contribution in [3.63, 3.8) is 0 Å². The zero-order valence-corrected chi connectivity index (χ0v) is 15.6. The predicted molar refractivity (Wildman–Crippen MR) is 107 cm³/mol. The molecule has 140 valence electrons. The molecular formula is C22H19FN4O. The van der Waals surface area contributed by atoms with Crippen LogP contribution in [-0.2, 0) is 0 Å². The molecule has 2 heterocycles. The van der Waals surface area contributed by atoms with E-state index in [1.54, 1.807) is 16.8 Å². The molecule has 0 atom stereocenters. The van der Waals surface area contributed by atoms with E-state index in [4.69, 9.17) is 0 Å². The molecule has 4 rings (SSSR count). The number of amides is 1. The fourth-order valence-electron chi connectivity index (χ4n) is 3.02. The molecule has 2 aromatic heterocycles. The summed E-state index contributed by atoms with van der Waals surface area (Å²) in [6.45, 7) is 4.03. The molecule has 0 aliphatic heterocycles. The quantitative estimate of drug-likeness (QED) is 0.564. The van der Waals surface area contributed by atoms with Crippen LogP contribution in [-0.4, -0.2) is 20.3 Å². The van der Waals surface area contributed by atoms with Crippen molar-refractivity contribution in [2.45, 2.75) is 13.8 Å². The topological polar surface area (TPSA) is 51.9 Å². The fourth-order valence-corrected chi connectivity index (χ4v) is 3.02. The van der Waals surface area contributed by atoms with Crippen LogP contribution in [0, 0.1) is 19.7 Å². The lowest BCUT2D eigenvalue weighted by Gasteiger charge is -2.12. The van der Waals surface area contributed by atoms with E-state index in [1.165, 1.54) is 18.3 Å². The van der Waals surface area contributed by atoms with Crippen LogP contribution in [0.25, 0.3) is 11.5 Å². The van der Waals surface area contributed by atoms with Gasteiger partial charge >= 0.3 is 0 Å². The molecule has 0 bridgehead atoms. The van der Waals surface area contributed by atoms with Crippen LogP contribution in [0.15, 0.2) is 73.2 Å². The smallest absolute Gasteiger partial charge is 0.261 e. The first-order chi connectivity index (χ1) is 13.5. The third kappa shape index (κ3) is 3.32. The Morgan fingerprint density at radius 2 is 1.71 bits per heavy atom. The minimum absolute atomic E-state index is 0.264. The first-order valence-electron chi connectivity index (χ1n) is 8.89. The van der Waals surface area contributed by atoms with Crippen LogP contribution in [0.3, 0.4) is 0 Å². The van der Waals surface area contributed by atoms with Crippen molar-refractivity contribution in [3.8, 4) is 11.5 Å². The predicted octanol–water partition coefficient (Wildman–Crippen LogP) is 4.67. The molecular weight excluding hydrogens is 355 g/mol. The van der Waals surface area contributed by atoms with E-state index >= 15 is 0 Å². The van der Waals surface area contributed by atoms with E-state index in [-0.39, 0.29) is 11.7 Å². The van der Waals surface area contributed by atoms with Gasteiger partial charge in [-0.2, -0.15) is 5.10 Å². The highest BCUT2D eigenvalue weighted by Gasteiger charge is 2.20. The number of hydrogen-bond acceptors (Lipinski definition) is 2. The Balaban J connectivity index is 1.75. The first kappa shape index (κ1) is 17.7. The van der Waals surface area contributed by atoms with E-state index in [0.29, 0.717) is 17.1 Å². The number of aromatic nitrogens is 3.